The van der Waals surface area contributed by atoms with E-state index in [0.717, 1.165) is 0 Å². The lowest BCUT2D eigenvalue weighted by Crippen LogP contribution is -2.26. The van der Waals surface area contributed by atoms with Gasteiger partial charge in [0, 0.05) is 10.8 Å². The van der Waals surface area contributed by atoms with E-state index in [4.69, 9.17) is 0 Å². The summed E-state index contributed by atoms with van der Waals surface area (Å²) < 4.78 is 4.50. The summed E-state index contributed by atoms with van der Waals surface area (Å²) in [5.74, 6) is 0. The van der Waals surface area contributed by atoms with Crippen molar-refractivity contribution in [3.05, 3.63) is 59.9 Å². The molecule has 20 heavy (non-hydrogen) atoms. The van der Waals surface area contributed by atoms with E-state index < -0.39 is 0 Å². The number of hydrogen-bond acceptors (Lipinski definition) is 0. The molecule has 2 aromatic carbocycles. The minimum Gasteiger partial charge on any atom is -0.232 e. The van der Waals surface area contributed by atoms with Gasteiger partial charge in [-0.05, 0) is 31.5 Å². The van der Waals surface area contributed by atoms with Crippen molar-refractivity contribution in [1.82, 2.24) is 4.40 Å². The fraction of sp³-hybridized carbons (Fsp3) is 0.167. The molecule has 4 rings (SSSR count). The quantitative estimate of drug-likeness (QED) is 0.337. The zero-order valence-electron chi connectivity index (χ0n) is 12.0. The third kappa shape index (κ3) is 1.36. The molecule has 2 aromatic heterocycles. The third-order valence-electron chi connectivity index (χ3n) is 4.20. The standard InChI is InChI=1S/C18H17N2/c1-12-7-8-16-15(11-12)14-6-4-5-13(2)17(14)18-19(3)9-10-20(16)18/h4-11H,1-3H3/q+1. The van der Waals surface area contributed by atoms with Crippen LogP contribution in [0.25, 0.3) is 27.3 Å². The molecule has 2 heterocycles. The third-order valence-corrected chi connectivity index (χ3v) is 4.20. The maximum atomic E-state index is 2.30. The highest BCUT2D eigenvalue weighted by molar-refractivity contribution is 6.12. The molecule has 0 N–H and O–H groups in total. The lowest BCUT2D eigenvalue weighted by Gasteiger charge is -2.07. The summed E-state index contributed by atoms with van der Waals surface area (Å²) in [4.78, 5) is 0. The highest BCUT2D eigenvalue weighted by Crippen LogP contribution is 2.30. The van der Waals surface area contributed by atoms with Gasteiger partial charge in [-0.3, -0.25) is 0 Å². The molecular weight excluding hydrogens is 244 g/mol. The predicted octanol–water partition coefficient (Wildman–Crippen LogP) is 3.69. The molecule has 4 aromatic rings. The first kappa shape index (κ1) is 11.5. The highest BCUT2D eigenvalue weighted by Gasteiger charge is 2.18. The molecule has 0 aliphatic carbocycles. The van der Waals surface area contributed by atoms with Gasteiger partial charge in [-0.1, -0.05) is 29.8 Å². The van der Waals surface area contributed by atoms with Crippen molar-refractivity contribution in [1.29, 1.82) is 0 Å². The fourth-order valence-electron chi connectivity index (χ4n) is 3.23. The number of benzene rings is 2. The number of rotatable bonds is 0. The first-order valence-electron chi connectivity index (χ1n) is 6.95. The monoisotopic (exact) mass is 261 g/mol. The Morgan fingerprint density at radius 3 is 2.70 bits per heavy atom. The number of aryl methyl sites for hydroxylation is 3. The summed E-state index contributed by atoms with van der Waals surface area (Å²) in [6.45, 7) is 4.35. The molecule has 0 spiro atoms. The minimum absolute atomic E-state index is 1.26. The van der Waals surface area contributed by atoms with E-state index in [1.54, 1.807) is 0 Å². The first-order valence-corrected chi connectivity index (χ1v) is 6.95. The van der Waals surface area contributed by atoms with Gasteiger partial charge in [-0.2, -0.15) is 4.40 Å². The molecule has 0 aliphatic heterocycles. The summed E-state index contributed by atoms with van der Waals surface area (Å²) in [7, 11) is 2.11. The number of nitrogens with zero attached hydrogens (tertiary/aromatic N) is 2. The van der Waals surface area contributed by atoms with Crippen LogP contribution in [0.3, 0.4) is 0 Å². The molecule has 2 nitrogen and oxygen atoms in total. The van der Waals surface area contributed by atoms with E-state index >= 15 is 0 Å². The van der Waals surface area contributed by atoms with Crippen LogP contribution in [0.5, 0.6) is 0 Å². The molecule has 0 unspecified atom stereocenters. The van der Waals surface area contributed by atoms with Crippen LogP contribution in [0.4, 0.5) is 0 Å². The molecule has 0 aliphatic rings. The smallest absolute Gasteiger partial charge is 0.232 e. The Morgan fingerprint density at radius 1 is 1.00 bits per heavy atom. The van der Waals surface area contributed by atoms with Crippen LogP contribution in [0.1, 0.15) is 11.1 Å². The molecule has 0 saturated carbocycles. The van der Waals surface area contributed by atoms with Crippen molar-refractivity contribution in [2.75, 3.05) is 0 Å². The summed E-state index contributed by atoms with van der Waals surface area (Å²) in [6, 6.07) is 13.3. The van der Waals surface area contributed by atoms with E-state index in [1.165, 1.54) is 38.4 Å². The normalized spacial score (nSPS) is 11.8. The summed E-state index contributed by atoms with van der Waals surface area (Å²) in [5.41, 5.74) is 5.15. The number of fused-ring (bicyclic) bond motifs is 6. The van der Waals surface area contributed by atoms with Crippen LogP contribution in [-0.2, 0) is 7.05 Å². The van der Waals surface area contributed by atoms with Gasteiger partial charge in [0.05, 0.1) is 12.4 Å². The van der Waals surface area contributed by atoms with Gasteiger partial charge in [0.1, 0.15) is 17.9 Å². The van der Waals surface area contributed by atoms with E-state index in [2.05, 4.69) is 78.7 Å². The minimum atomic E-state index is 1.26. The Kier molecular flexibility index (Phi) is 2.19. The van der Waals surface area contributed by atoms with Gasteiger partial charge < -0.3 is 0 Å². The lowest BCUT2D eigenvalue weighted by molar-refractivity contribution is -0.643. The summed E-state index contributed by atoms with van der Waals surface area (Å²) in [6.07, 6.45) is 4.28. The van der Waals surface area contributed by atoms with Gasteiger partial charge in [0.25, 0.3) is 5.65 Å². The Hall–Kier alpha value is -2.35. The van der Waals surface area contributed by atoms with Crippen LogP contribution in [0.2, 0.25) is 0 Å². The van der Waals surface area contributed by atoms with Crippen LogP contribution < -0.4 is 4.57 Å². The van der Waals surface area contributed by atoms with E-state index in [1.807, 2.05) is 0 Å². The maximum absolute atomic E-state index is 2.30. The molecule has 98 valence electrons. The molecule has 2 heteroatoms. The van der Waals surface area contributed by atoms with E-state index in [9.17, 15) is 0 Å². The second-order valence-corrected chi connectivity index (χ2v) is 5.62. The number of hydrogen-bond donors (Lipinski definition) is 0. The van der Waals surface area contributed by atoms with E-state index in [-0.39, 0.29) is 0 Å². The first-order chi connectivity index (χ1) is 9.66. The van der Waals surface area contributed by atoms with Gasteiger partial charge in [-0.25, -0.2) is 4.57 Å². The average Bonchev–Trinajstić information content (AvgIpc) is 2.81. The number of aromatic nitrogens is 2. The molecule has 0 fully saturated rings. The number of pyridine rings is 1. The van der Waals surface area contributed by atoms with Gasteiger partial charge in [0.15, 0.2) is 0 Å². The van der Waals surface area contributed by atoms with Gasteiger partial charge in [0.2, 0.25) is 0 Å². The van der Waals surface area contributed by atoms with Crippen molar-refractivity contribution in [3.8, 4) is 0 Å². The average molecular weight is 261 g/mol. The van der Waals surface area contributed by atoms with Crippen LogP contribution in [0, 0.1) is 13.8 Å². The molecule has 0 saturated heterocycles. The van der Waals surface area contributed by atoms with Crippen molar-refractivity contribution >= 4 is 27.3 Å². The van der Waals surface area contributed by atoms with Gasteiger partial charge in [-0.15, -0.1) is 0 Å². The topological polar surface area (TPSA) is 8.29 Å². The molecule has 0 radical (unpaired) electrons. The Labute approximate surface area is 117 Å². The Balaban J connectivity index is 2.46. The van der Waals surface area contributed by atoms with Gasteiger partial charge >= 0.3 is 0 Å². The second-order valence-electron chi connectivity index (χ2n) is 5.62. The maximum Gasteiger partial charge on any atom is 0.294 e. The summed E-state index contributed by atoms with van der Waals surface area (Å²) in [5, 5.41) is 4.01. The summed E-state index contributed by atoms with van der Waals surface area (Å²) >= 11 is 0. The van der Waals surface area contributed by atoms with Crippen LogP contribution >= 0.6 is 0 Å². The Bertz CT molecular complexity index is 977. The van der Waals surface area contributed by atoms with Crippen molar-refractivity contribution in [3.63, 3.8) is 0 Å². The molecule has 0 amide bonds. The van der Waals surface area contributed by atoms with Crippen LogP contribution in [-0.4, -0.2) is 4.40 Å². The Morgan fingerprint density at radius 2 is 1.85 bits per heavy atom. The van der Waals surface area contributed by atoms with Crippen LogP contribution in [0.15, 0.2) is 48.8 Å². The SMILES string of the molecule is Cc1ccc2c(c1)c1cccc(C)c1c1n2cc[n+]1C. The highest BCUT2D eigenvalue weighted by atomic mass is 15.1. The molecule has 0 bridgehead atoms. The zero-order chi connectivity index (χ0) is 13.9. The number of imidazole rings is 1. The zero-order valence-corrected chi connectivity index (χ0v) is 12.0. The van der Waals surface area contributed by atoms with Crippen molar-refractivity contribution < 1.29 is 4.57 Å². The van der Waals surface area contributed by atoms with Crippen molar-refractivity contribution in [2.24, 2.45) is 7.05 Å². The lowest BCUT2D eigenvalue weighted by atomic mass is 10.0. The van der Waals surface area contributed by atoms with E-state index in [0.29, 0.717) is 0 Å². The largest absolute Gasteiger partial charge is 0.294 e. The van der Waals surface area contributed by atoms with Crippen molar-refractivity contribution in [2.45, 2.75) is 13.8 Å². The predicted molar refractivity (Wildman–Crippen MR) is 83.1 cm³/mol. The molecule has 0 atom stereocenters. The fourth-order valence-corrected chi connectivity index (χ4v) is 3.23. The second kappa shape index (κ2) is 3.83. The molecular formula is C18H17N2+.